The van der Waals surface area contributed by atoms with Gasteiger partial charge in [0.05, 0.1) is 15.9 Å². The standard InChI is InChI=1S/C12H15BrN4S/c1-7(2)10-9(14)12(17(3)16-10)18-11-8(13)5-4-6-15-11/h4-7H,14H2,1-3H3. The summed E-state index contributed by atoms with van der Waals surface area (Å²) in [7, 11) is 1.90. The van der Waals surface area contributed by atoms with Crippen LogP contribution in [0, 0.1) is 0 Å². The molecule has 0 amide bonds. The number of halogens is 1. The molecular formula is C12H15BrN4S. The average molecular weight is 327 g/mol. The summed E-state index contributed by atoms with van der Waals surface area (Å²) >= 11 is 5.01. The Labute approximate surface area is 119 Å². The molecule has 4 nitrogen and oxygen atoms in total. The number of aryl methyl sites for hydroxylation is 1. The quantitative estimate of drug-likeness (QED) is 0.938. The molecule has 0 bridgehead atoms. The van der Waals surface area contributed by atoms with Crippen LogP contribution in [0.2, 0.25) is 0 Å². The van der Waals surface area contributed by atoms with Crippen LogP contribution < -0.4 is 5.73 Å². The number of rotatable bonds is 3. The van der Waals surface area contributed by atoms with Crippen molar-refractivity contribution in [2.24, 2.45) is 7.05 Å². The molecule has 6 heteroatoms. The van der Waals surface area contributed by atoms with Gasteiger partial charge in [-0.1, -0.05) is 13.8 Å². The van der Waals surface area contributed by atoms with Gasteiger partial charge in [0.15, 0.2) is 0 Å². The van der Waals surface area contributed by atoms with Gasteiger partial charge in [-0.15, -0.1) is 0 Å². The van der Waals surface area contributed by atoms with Gasteiger partial charge in [-0.05, 0) is 45.7 Å². The topological polar surface area (TPSA) is 56.7 Å². The van der Waals surface area contributed by atoms with Crippen LogP contribution >= 0.6 is 27.7 Å². The molecule has 0 aliphatic heterocycles. The molecule has 2 N–H and O–H groups in total. The zero-order chi connectivity index (χ0) is 13.3. The Morgan fingerprint density at radius 3 is 2.72 bits per heavy atom. The highest BCUT2D eigenvalue weighted by Crippen LogP contribution is 2.37. The van der Waals surface area contributed by atoms with Crippen molar-refractivity contribution in [1.29, 1.82) is 0 Å². The Morgan fingerprint density at radius 2 is 2.17 bits per heavy atom. The van der Waals surface area contributed by atoms with Gasteiger partial charge in [0, 0.05) is 13.2 Å². The van der Waals surface area contributed by atoms with Crippen LogP contribution in [0.4, 0.5) is 5.69 Å². The first-order chi connectivity index (χ1) is 8.50. The monoisotopic (exact) mass is 326 g/mol. The van der Waals surface area contributed by atoms with Crippen molar-refractivity contribution in [3.63, 3.8) is 0 Å². The summed E-state index contributed by atoms with van der Waals surface area (Å²) in [5.41, 5.74) is 7.84. The maximum absolute atomic E-state index is 6.16. The molecule has 2 rings (SSSR count). The fourth-order valence-electron chi connectivity index (χ4n) is 1.63. The van der Waals surface area contributed by atoms with E-state index < -0.39 is 0 Å². The lowest BCUT2D eigenvalue weighted by Crippen LogP contribution is -1.94. The zero-order valence-electron chi connectivity index (χ0n) is 10.5. The molecule has 2 heterocycles. The molecule has 2 aromatic rings. The Balaban J connectivity index is 2.38. The first-order valence-corrected chi connectivity index (χ1v) is 7.22. The van der Waals surface area contributed by atoms with Crippen molar-refractivity contribution >= 4 is 33.4 Å². The van der Waals surface area contributed by atoms with E-state index in [1.54, 1.807) is 6.20 Å². The highest BCUT2D eigenvalue weighted by molar-refractivity contribution is 9.10. The summed E-state index contributed by atoms with van der Waals surface area (Å²) in [5.74, 6) is 0.317. The van der Waals surface area contributed by atoms with Crippen molar-refractivity contribution < 1.29 is 0 Å². The summed E-state index contributed by atoms with van der Waals surface area (Å²) in [5, 5.41) is 6.28. The van der Waals surface area contributed by atoms with Crippen LogP contribution in [0.25, 0.3) is 0 Å². The van der Waals surface area contributed by atoms with E-state index in [4.69, 9.17) is 5.73 Å². The first-order valence-electron chi connectivity index (χ1n) is 5.61. The molecule has 0 unspecified atom stereocenters. The third-order valence-electron chi connectivity index (χ3n) is 2.52. The average Bonchev–Trinajstić information content (AvgIpc) is 2.60. The molecule has 0 saturated heterocycles. The van der Waals surface area contributed by atoms with Crippen molar-refractivity contribution in [2.75, 3.05) is 5.73 Å². The molecule has 0 aromatic carbocycles. The van der Waals surface area contributed by atoms with Gasteiger partial charge in [0.2, 0.25) is 0 Å². The number of hydrogen-bond acceptors (Lipinski definition) is 4. The Bertz CT molecular complexity index is 565. The predicted octanol–water partition coefficient (Wildman–Crippen LogP) is 3.43. The van der Waals surface area contributed by atoms with Gasteiger partial charge >= 0.3 is 0 Å². The van der Waals surface area contributed by atoms with Crippen molar-refractivity contribution in [2.45, 2.75) is 29.8 Å². The minimum Gasteiger partial charge on any atom is -0.395 e. The van der Waals surface area contributed by atoms with Gasteiger partial charge < -0.3 is 5.73 Å². The number of nitrogens with two attached hydrogens (primary N) is 1. The SMILES string of the molecule is CC(C)c1nn(C)c(Sc2ncccc2Br)c1N. The Kier molecular flexibility index (Phi) is 3.97. The number of nitrogens with zero attached hydrogens (tertiary/aromatic N) is 3. The molecule has 0 atom stereocenters. The van der Waals surface area contributed by atoms with E-state index in [1.807, 2.05) is 23.9 Å². The van der Waals surface area contributed by atoms with Crippen LogP contribution in [0.15, 0.2) is 32.9 Å². The van der Waals surface area contributed by atoms with Crippen LogP contribution in [0.1, 0.15) is 25.5 Å². The van der Waals surface area contributed by atoms with Crippen molar-refractivity contribution in [3.8, 4) is 0 Å². The number of pyridine rings is 1. The highest BCUT2D eigenvalue weighted by atomic mass is 79.9. The van der Waals surface area contributed by atoms with Crippen molar-refractivity contribution in [1.82, 2.24) is 14.8 Å². The van der Waals surface area contributed by atoms with E-state index in [-0.39, 0.29) is 0 Å². The Hall–Kier alpha value is -1.01. The van der Waals surface area contributed by atoms with Crippen LogP contribution in [0.3, 0.4) is 0 Å². The van der Waals surface area contributed by atoms with Gasteiger partial charge in [-0.2, -0.15) is 5.10 Å². The van der Waals surface area contributed by atoms with Crippen LogP contribution in [-0.4, -0.2) is 14.8 Å². The van der Waals surface area contributed by atoms with Gasteiger partial charge in [-0.25, -0.2) is 4.98 Å². The van der Waals surface area contributed by atoms with Crippen LogP contribution in [-0.2, 0) is 7.05 Å². The Morgan fingerprint density at radius 1 is 1.44 bits per heavy atom. The van der Waals surface area contributed by atoms with E-state index in [9.17, 15) is 0 Å². The molecule has 0 fully saturated rings. The zero-order valence-corrected chi connectivity index (χ0v) is 12.9. The van der Waals surface area contributed by atoms with E-state index >= 15 is 0 Å². The molecule has 2 aromatic heterocycles. The van der Waals surface area contributed by atoms with Crippen molar-refractivity contribution in [3.05, 3.63) is 28.5 Å². The van der Waals surface area contributed by atoms with E-state index in [0.29, 0.717) is 5.92 Å². The number of nitrogen functional groups attached to an aromatic ring is 1. The molecule has 0 aliphatic carbocycles. The fourth-order valence-corrected chi connectivity index (χ4v) is 2.98. The molecule has 0 spiro atoms. The lowest BCUT2D eigenvalue weighted by Gasteiger charge is -2.04. The second kappa shape index (κ2) is 5.32. The highest BCUT2D eigenvalue weighted by Gasteiger charge is 2.18. The van der Waals surface area contributed by atoms with E-state index in [1.165, 1.54) is 11.8 Å². The third kappa shape index (κ3) is 2.54. The lowest BCUT2D eigenvalue weighted by molar-refractivity contribution is 0.670. The number of hydrogen-bond donors (Lipinski definition) is 1. The maximum atomic E-state index is 6.16. The normalized spacial score (nSPS) is 11.2. The smallest absolute Gasteiger partial charge is 0.123 e. The maximum Gasteiger partial charge on any atom is 0.123 e. The summed E-state index contributed by atoms with van der Waals surface area (Å²) in [6.07, 6.45) is 1.77. The summed E-state index contributed by atoms with van der Waals surface area (Å²) in [6, 6.07) is 3.85. The van der Waals surface area contributed by atoms with E-state index in [0.717, 1.165) is 25.9 Å². The molecule has 0 radical (unpaired) electrons. The third-order valence-corrected chi connectivity index (χ3v) is 4.62. The first kappa shape index (κ1) is 13.4. The number of aromatic nitrogens is 3. The molecule has 96 valence electrons. The minimum absolute atomic E-state index is 0.317. The van der Waals surface area contributed by atoms with E-state index in [2.05, 4.69) is 39.9 Å². The second-order valence-corrected chi connectivity index (χ2v) is 6.11. The van der Waals surface area contributed by atoms with Crippen LogP contribution in [0.5, 0.6) is 0 Å². The van der Waals surface area contributed by atoms with Gasteiger partial charge in [0.1, 0.15) is 10.1 Å². The number of anilines is 1. The molecule has 0 saturated carbocycles. The minimum atomic E-state index is 0.317. The fraction of sp³-hybridized carbons (Fsp3) is 0.333. The van der Waals surface area contributed by atoms with Gasteiger partial charge in [-0.3, -0.25) is 4.68 Å². The largest absolute Gasteiger partial charge is 0.395 e. The molecular weight excluding hydrogens is 312 g/mol. The van der Waals surface area contributed by atoms with Gasteiger partial charge in [0.25, 0.3) is 0 Å². The predicted molar refractivity (Wildman–Crippen MR) is 77.8 cm³/mol. The summed E-state index contributed by atoms with van der Waals surface area (Å²) in [4.78, 5) is 4.33. The molecule has 0 aliphatic rings. The summed E-state index contributed by atoms with van der Waals surface area (Å²) < 4.78 is 2.78. The summed E-state index contributed by atoms with van der Waals surface area (Å²) in [6.45, 7) is 4.17. The lowest BCUT2D eigenvalue weighted by atomic mass is 10.1. The molecule has 18 heavy (non-hydrogen) atoms. The second-order valence-electron chi connectivity index (χ2n) is 4.27.